The fourth-order valence-corrected chi connectivity index (χ4v) is 2.43. The third-order valence-corrected chi connectivity index (χ3v) is 3.25. The van der Waals surface area contributed by atoms with Crippen molar-refractivity contribution in [3.05, 3.63) is 54.6 Å². The predicted molar refractivity (Wildman–Crippen MR) is 74.9 cm³/mol. The van der Waals surface area contributed by atoms with E-state index >= 15 is 0 Å². The summed E-state index contributed by atoms with van der Waals surface area (Å²) in [5.74, 6) is 0. The number of hydrogen-bond acceptors (Lipinski definition) is 1. The average Bonchev–Trinajstić information content (AvgIpc) is 2.37. The van der Waals surface area contributed by atoms with Gasteiger partial charge in [0.2, 0.25) is 0 Å². The summed E-state index contributed by atoms with van der Waals surface area (Å²) in [5.41, 5.74) is 0.999. The van der Waals surface area contributed by atoms with Crippen LogP contribution in [0.5, 0.6) is 0 Å². The largest absolute Gasteiger partial charge is 0.446 e. The molecule has 3 aromatic carbocycles. The molecule has 0 atom stereocenters. The third kappa shape index (κ3) is 1.61. The molecule has 0 heterocycles. The fraction of sp³-hybridized carbons (Fsp3) is 0.0667. The van der Waals surface area contributed by atoms with Gasteiger partial charge in [0.1, 0.15) is 0 Å². The zero-order valence-corrected chi connectivity index (χ0v) is 9.72. The monoisotopic (exact) mass is 220 g/mol. The van der Waals surface area contributed by atoms with Gasteiger partial charge in [-0.3, -0.25) is 0 Å². The molecule has 82 valence electrons. The summed E-state index contributed by atoms with van der Waals surface area (Å²) in [6.45, 7) is 1.38. The molecule has 3 rings (SSSR count). The van der Waals surface area contributed by atoms with Crippen LogP contribution in [-0.4, -0.2) is 11.9 Å². The minimum Gasteiger partial charge on any atom is -0.446 e. The topological polar surface area (TPSA) is 20.2 Å². The van der Waals surface area contributed by atoms with Crippen LogP contribution < -0.4 is 5.46 Å². The van der Waals surface area contributed by atoms with Gasteiger partial charge in [-0.1, -0.05) is 61.4 Å². The van der Waals surface area contributed by atoms with Gasteiger partial charge in [-0.05, 0) is 27.0 Å². The van der Waals surface area contributed by atoms with Gasteiger partial charge in [0.15, 0.2) is 0 Å². The van der Waals surface area contributed by atoms with Crippen LogP contribution in [0.4, 0.5) is 0 Å². The molecule has 0 fully saturated rings. The van der Waals surface area contributed by atoms with Crippen LogP contribution in [0, 0.1) is 0 Å². The highest BCUT2D eigenvalue weighted by Gasteiger charge is 2.12. The summed E-state index contributed by atoms with van der Waals surface area (Å²) >= 11 is 0. The summed E-state index contributed by atoms with van der Waals surface area (Å²) in [6.07, 6.45) is 0. The highest BCUT2D eigenvalue weighted by molar-refractivity contribution is 6.68. The van der Waals surface area contributed by atoms with Gasteiger partial charge in [0, 0.05) is 0 Å². The van der Waals surface area contributed by atoms with E-state index in [1.165, 1.54) is 16.2 Å². The minimum absolute atomic E-state index is 0.440. The lowest BCUT2D eigenvalue weighted by Crippen LogP contribution is -2.26. The van der Waals surface area contributed by atoms with E-state index in [2.05, 4.69) is 36.4 Å². The van der Waals surface area contributed by atoms with Crippen molar-refractivity contribution in [1.82, 2.24) is 0 Å². The Morgan fingerprint density at radius 3 is 2.12 bits per heavy atom. The van der Waals surface area contributed by atoms with Crippen LogP contribution in [0.25, 0.3) is 21.5 Å². The first-order valence-corrected chi connectivity index (χ1v) is 5.86. The van der Waals surface area contributed by atoms with E-state index in [0.29, 0.717) is 0 Å². The molecular weight excluding hydrogens is 207 g/mol. The van der Waals surface area contributed by atoms with Gasteiger partial charge < -0.3 is 5.02 Å². The second-order valence-corrected chi connectivity index (χ2v) is 4.41. The van der Waals surface area contributed by atoms with Gasteiger partial charge in [-0.25, -0.2) is 0 Å². The lowest BCUT2D eigenvalue weighted by molar-refractivity contribution is 0.594. The van der Waals surface area contributed by atoms with Crippen molar-refractivity contribution in [2.24, 2.45) is 0 Å². The quantitative estimate of drug-likeness (QED) is 0.493. The maximum atomic E-state index is 9.88. The molecule has 0 amide bonds. The Balaban J connectivity index is 2.55. The molecule has 17 heavy (non-hydrogen) atoms. The molecule has 0 radical (unpaired) electrons. The Kier molecular flexibility index (Phi) is 2.38. The molecule has 1 N–H and O–H groups in total. The van der Waals surface area contributed by atoms with E-state index in [1.54, 1.807) is 0 Å². The minimum atomic E-state index is -0.440. The van der Waals surface area contributed by atoms with Crippen LogP contribution in [0.1, 0.15) is 0 Å². The standard InChI is InChI=1S/C15H13BO/c1-16(17)15-10-11-6-2-3-7-12(11)13-8-4-5-9-14(13)15/h2-10,17H,1H3. The van der Waals surface area contributed by atoms with Crippen LogP contribution in [0.15, 0.2) is 54.6 Å². The molecule has 0 aromatic heterocycles. The number of rotatable bonds is 1. The lowest BCUT2D eigenvalue weighted by Gasteiger charge is -2.10. The van der Waals surface area contributed by atoms with Crippen LogP contribution in [0.3, 0.4) is 0 Å². The predicted octanol–water partition coefficient (Wildman–Crippen LogP) is 2.81. The number of hydrogen-bond donors (Lipinski definition) is 1. The second-order valence-electron chi connectivity index (χ2n) is 4.41. The zero-order valence-electron chi connectivity index (χ0n) is 9.72. The molecule has 0 aliphatic heterocycles. The molecule has 2 heteroatoms. The zero-order chi connectivity index (χ0) is 11.8. The van der Waals surface area contributed by atoms with Crippen molar-refractivity contribution in [3.63, 3.8) is 0 Å². The highest BCUT2D eigenvalue weighted by atomic mass is 16.2. The van der Waals surface area contributed by atoms with Crippen LogP contribution >= 0.6 is 0 Å². The van der Waals surface area contributed by atoms with Crippen molar-refractivity contribution in [1.29, 1.82) is 0 Å². The van der Waals surface area contributed by atoms with Crippen molar-refractivity contribution in [2.45, 2.75) is 6.82 Å². The van der Waals surface area contributed by atoms with Crippen molar-refractivity contribution in [2.75, 3.05) is 0 Å². The Labute approximate surface area is 101 Å². The van der Waals surface area contributed by atoms with Crippen molar-refractivity contribution in [3.8, 4) is 0 Å². The first kappa shape index (κ1) is 10.4. The molecule has 0 spiro atoms. The van der Waals surface area contributed by atoms with E-state index in [-0.39, 0.29) is 0 Å². The van der Waals surface area contributed by atoms with E-state index in [1.807, 2.05) is 25.0 Å². The summed E-state index contributed by atoms with van der Waals surface area (Å²) < 4.78 is 0. The molecule has 0 aliphatic carbocycles. The second kappa shape index (κ2) is 3.90. The smallest absolute Gasteiger partial charge is 0.321 e. The first-order chi connectivity index (χ1) is 8.27. The maximum Gasteiger partial charge on any atom is 0.321 e. The van der Waals surface area contributed by atoms with Crippen molar-refractivity contribution < 1.29 is 5.02 Å². The summed E-state index contributed by atoms with van der Waals surface area (Å²) in [5, 5.41) is 14.7. The molecule has 0 unspecified atom stereocenters. The Morgan fingerprint density at radius 2 is 1.41 bits per heavy atom. The van der Waals surface area contributed by atoms with Gasteiger partial charge in [0.05, 0.1) is 0 Å². The summed E-state index contributed by atoms with van der Waals surface area (Å²) in [4.78, 5) is 0. The van der Waals surface area contributed by atoms with E-state index in [9.17, 15) is 5.02 Å². The van der Waals surface area contributed by atoms with Gasteiger partial charge in [0.25, 0.3) is 0 Å². The SMILES string of the molecule is CB(O)c1cc2ccccc2c2ccccc12. The average molecular weight is 220 g/mol. The van der Waals surface area contributed by atoms with E-state index in [4.69, 9.17) is 0 Å². The molecule has 3 aromatic rings. The highest BCUT2D eigenvalue weighted by Crippen LogP contribution is 2.23. The van der Waals surface area contributed by atoms with Gasteiger partial charge in [-0.2, -0.15) is 0 Å². The molecule has 0 saturated carbocycles. The first-order valence-electron chi connectivity index (χ1n) is 5.86. The third-order valence-electron chi connectivity index (χ3n) is 3.25. The molecule has 0 bridgehead atoms. The van der Waals surface area contributed by atoms with E-state index in [0.717, 1.165) is 10.8 Å². The van der Waals surface area contributed by atoms with Crippen LogP contribution in [-0.2, 0) is 0 Å². The molecule has 0 aliphatic rings. The Morgan fingerprint density at radius 1 is 0.824 bits per heavy atom. The fourth-order valence-electron chi connectivity index (χ4n) is 2.43. The molecular formula is C15H13BO. The van der Waals surface area contributed by atoms with Crippen LogP contribution in [0.2, 0.25) is 6.82 Å². The number of fused-ring (bicyclic) bond motifs is 3. The number of benzene rings is 3. The molecule has 1 nitrogen and oxygen atoms in total. The van der Waals surface area contributed by atoms with E-state index < -0.39 is 6.92 Å². The van der Waals surface area contributed by atoms with Gasteiger partial charge >= 0.3 is 6.92 Å². The van der Waals surface area contributed by atoms with Gasteiger partial charge in [-0.15, -0.1) is 0 Å². The Hall–Kier alpha value is -1.80. The van der Waals surface area contributed by atoms with Crippen molar-refractivity contribution >= 4 is 33.9 Å². The molecule has 0 saturated heterocycles. The Bertz CT molecular complexity index is 689. The lowest BCUT2D eigenvalue weighted by atomic mass is 9.62. The normalized spacial score (nSPS) is 10.9. The summed E-state index contributed by atoms with van der Waals surface area (Å²) in [7, 11) is 0. The summed E-state index contributed by atoms with van der Waals surface area (Å²) in [6, 6.07) is 18.6. The maximum absolute atomic E-state index is 9.88.